The Morgan fingerprint density at radius 1 is 1.00 bits per heavy atom. The van der Waals surface area contributed by atoms with Crippen molar-refractivity contribution in [3.63, 3.8) is 0 Å². The van der Waals surface area contributed by atoms with Crippen LogP contribution < -0.4 is 4.74 Å². The summed E-state index contributed by atoms with van der Waals surface area (Å²) in [6, 6.07) is 9.66. The normalized spacial score (nSPS) is 10.3. The molecule has 0 aromatic heterocycles. The van der Waals surface area contributed by atoms with Crippen LogP contribution in [0.25, 0.3) is 0 Å². The number of benzene rings is 2. The first kappa shape index (κ1) is 13.3. The summed E-state index contributed by atoms with van der Waals surface area (Å²) >= 11 is 0. The fourth-order valence-electron chi connectivity index (χ4n) is 1.91. The van der Waals surface area contributed by atoms with Gasteiger partial charge in [-0.15, -0.1) is 0 Å². The van der Waals surface area contributed by atoms with E-state index in [1.54, 1.807) is 32.2 Å². The highest BCUT2D eigenvalue weighted by Gasteiger charge is 2.12. The van der Waals surface area contributed by atoms with E-state index < -0.39 is 0 Å². The van der Waals surface area contributed by atoms with Gasteiger partial charge in [0, 0.05) is 11.1 Å². The number of rotatable bonds is 3. The van der Waals surface area contributed by atoms with Gasteiger partial charge in [0.2, 0.25) is 0 Å². The first-order valence-electron chi connectivity index (χ1n) is 5.98. The molecule has 98 valence electrons. The SMILES string of the molecule is COc1cc(C(=O)c2ccc(F)c(C)c2)ccc1C. The summed E-state index contributed by atoms with van der Waals surface area (Å²) in [6.45, 7) is 3.55. The van der Waals surface area contributed by atoms with Gasteiger partial charge in [0.15, 0.2) is 5.78 Å². The van der Waals surface area contributed by atoms with E-state index >= 15 is 0 Å². The second-order valence-corrected chi connectivity index (χ2v) is 4.48. The van der Waals surface area contributed by atoms with E-state index in [-0.39, 0.29) is 11.6 Å². The molecule has 2 aromatic rings. The summed E-state index contributed by atoms with van der Waals surface area (Å²) in [6.07, 6.45) is 0. The zero-order valence-corrected chi connectivity index (χ0v) is 11.2. The molecule has 0 saturated heterocycles. The summed E-state index contributed by atoms with van der Waals surface area (Å²) in [7, 11) is 1.57. The molecule has 0 spiro atoms. The third-order valence-electron chi connectivity index (χ3n) is 3.09. The van der Waals surface area contributed by atoms with Gasteiger partial charge in [-0.05, 0) is 49.2 Å². The molecular weight excluding hydrogens is 243 g/mol. The minimum atomic E-state index is -0.307. The van der Waals surface area contributed by atoms with Crippen LogP contribution in [0.2, 0.25) is 0 Å². The van der Waals surface area contributed by atoms with Crippen molar-refractivity contribution in [1.82, 2.24) is 0 Å². The molecule has 0 unspecified atom stereocenters. The van der Waals surface area contributed by atoms with Crippen molar-refractivity contribution in [2.45, 2.75) is 13.8 Å². The van der Waals surface area contributed by atoms with Gasteiger partial charge in [0.25, 0.3) is 0 Å². The second kappa shape index (κ2) is 5.22. The smallest absolute Gasteiger partial charge is 0.193 e. The van der Waals surface area contributed by atoms with Gasteiger partial charge in [-0.1, -0.05) is 12.1 Å². The maximum Gasteiger partial charge on any atom is 0.193 e. The van der Waals surface area contributed by atoms with Crippen molar-refractivity contribution in [2.24, 2.45) is 0 Å². The number of hydrogen-bond acceptors (Lipinski definition) is 2. The highest BCUT2D eigenvalue weighted by molar-refractivity contribution is 6.09. The molecule has 2 nitrogen and oxygen atoms in total. The van der Waals surface area contributed by atoms with Gasteiger partial charge in [-0.25, -0.2) is 4.39 Å². The molecule has 0 amide bonds. The second-order valence-electron chi connectivity index (χ2n) is 4.48. The van der Waals surface area contributed by atoms with Crippen molar-refractivity contribution in [3.05, 3.63) is 64.5 Å². The molecule has 0 aliphatic rings. The minimum Gasteiger partial charge on any atom is -0.496 e. The molecule has 2 rings (SSSR count). The number of carbonyl (C=O) groups excluding carboxylic acids is 1. The highest BCUT2D eigenvalue weighted by Crippen LogP contribution is 2.21. The number of hydrogen-bond donors (Lipinski definition) is 0. The standard InChI is InChI=1S/C16H15FO2/c1-10-4-5-13(9-15(10)19-3)16(18)12-6-7-14(17)11(2)8-12/h4-9H,1-3H3. The fourth-order valence-corrected chi connectivity index (χ4v) is 1.91. The van der Waals surface area contributed by atoms with Crippen molar-refractivity contribution >= 4 is 5.78 Å². The van der Waals surface area contributed by atoms with Crippen LogP contribution in [-0.2, 0) is 0 Å². The Balaban J connectivity index is 2.41. The first-order chi connectivity index (χ1) is 9.02. The summed E-state index contributed by atoms with van der Waals surface area (Å²) in [4.78, 5) is 12.3. The van der Waals surface area contributed by atoms with Crippen molar-refractivity contribution < 1.29 is 13.9 Å². The fraction of sp³-hybridized carbons (Fsp3) is 0.188. The lowest BCUT2D eigenvalue weighted by Gasteiger charge is -2.08. The van der Waals surface area contributed by atoms with Crippen LogP contribution in [0.1, 0.15) is 27.0 Å². The number of ether oxygens (including phenoxy) is 1. The van der Waals surface area contributed by atoms with Gasteiger partial charge >= 0.3 is 0 Å². The number of methoxy groups -OCH3 is 1. The van der Waals surface area contributed by atoms with E-state index in [0.29, 0.717) is 22.4 Å². The molecule has 0 bridgehead atoms. The maximum atomic E-state index is 13.2. The zero-order chi connectivity index (χ0) is 14.0. The Morgan fingerprint density at radius 3 is 2.26 bits per heavy atom. The summed E-state index contributed by atoms with van der Waals surface area (Å²) in [5, 5.41) is 0. The molecule has 3 heteroatoms. The van der Waals surface area contributed by atoms with Crippen LogP contribution in [0, 0.1) is 19.7 Å². The van der Waals surface area contributed by atoms with Gasteiger partial charge in [-0.2, -0.15) is 0 Å². The van der Waals surface area contributed by atoms with E-state index in [1.807, 2.05) is 13.0 Å². The number of ketones is 1. The lowest BCUT2D eigenvalue weighted by molar-refractivity contribution is 0.103. The zero-order valence-electron chi connectivity index (χ0n) is 11.2. The van der Waals surface area contributed by atoms with Crippen LogP contribution in [0.3, 0.4) is 0 Å². The van der Waals surface area contributed by atoms with Gasteiger partial charge in [0.05, 0.1) is 7.11 Å². The Hall–Kier alpha value is -2.16. The molecule has 0 radical (unpaired) electrons. The Kier molecular flexibility index (Phi) is 3.65. The van der Waals surface area contributed by atoms with Crippen molar-refractivity contribution in [1.29, 1.82) is 0 Å². The predicted molar refractivity (Wildman–Crippen MR) is 72.3 cm³/mol. The summed E-state index contributed by atoms with van der Waals surface area (Å²) < 4.78 is 18.4. The molecule has 0 heterocycles. The predicted octanol–water partition coefficient (Wildman–Crippen LogP) is 3.68. The van der Waals surface area contributed by atoms with E-state index in [0.717, 1.165) is 5.56 Å². The van der Waals surface area contributed by atoms with Crippen LogP contribution in [-0.4, -0.2) is 12.9 Å². The third-order valence-corrected chi connectivity index (χ3v) is 3.09. The van der Waals surface area contributed by atoms with Crippen molar-refractivity contribution in [3.8, 4) is 5.75 Å². The van der Waals surface area contributed by atoms with Crippen LogP contribution in [0.15, 0.2) is 36.4 Å². The third kappa shape index (κ3) is 2.65. The molecule has 19 heavy (non-hydrogen) atoms. The van der Waals surface area contributed by atoms with Gasteiger partial charge in [0.1, 0.15) is 11.6 Å². The van der Waals surface area contributed by atoms with E-state index in [2.05, 4.69) is 0 Å². The average molecular weight is 258 g/mol. The van der Waals surface area contributed by atoms with E-state index in [9.17, 15) is 9.18 Å². The Morgan fingerprint density at radius 2 is 1.63 bits per heavy atom. The lowest BCUT2D eigenvalue weighted by Crippen LogP contribution is -2.03. The lowest BCUT2D eigenvalue weighted by atomic mass is 10.00. The monoisotopic (exact) mass is 258 g/mol. The van der Waals surface area contributed by atoms with Crippen molar-refractivity contribution in [2.75, 3.05) is 7.11 Å². The number of carbonyl (C=O) groups is 1. The molecule has 0 aliphatic carbocycles. The van der Waals surface area contributed by atoms with Crippen LogP contribution >= 0.6 is 0 Å². The van der Waals surface area contributed by atoms with Gasteiger partial charge < -0.3 is 4.74 Å². The minimum absolute atomic E-state index is 0.138. The largest absolute Gasteiger partial charge is 0.496 e. The topological polar surface area (TPSA) is 26.3 Å². The Bertz CT molecular complexity index is 633. The quantitative estimate of drug-likeness (QED) is 0.785. The molecular formula is C16H15FO2. The summed E-state index contributed by atoms with van der Waals surface area (Å²) in [5.74, 6) is 0.226. The molecule has 0 atom stereocenters. The average Bonchev–Trinajstić information content (AvgIpc) is 2.41. The van der Waals surface area contributed by atoms with E-state index in [4.69, 9.17) is 4.74 Å². The maximum absolute atomic E-state index is 13.2. The highest BCUT2D eigenvalue weighted by atomic mass is 19.1. The van der Waals surface area contributed by atoms with Gasteiger partial charge in [-0.3, -0.25) is 4.79 Å². The Labute approximate surface area is 111 Å². The number of aryl methyl sites for hydroxylation is 2. The molecule has 0 saturated carbocycles. The molecule has 2 aromatic carbocycles. The molecule has 0 N–H and O–H groups in total. The molecule has 0 aliphatic heterocycles. The van der Waals surface area contributed by atoms with E-state index in [1.165, 1.54) is 12.1 Å². The molecule has 0 fully saturated rings. The van der Waals surface area contributed by atoms with Crippen LogP contribution in [0.5, 0.6) is 5.75 Å². The first-order valence-corrected chi connectivity index (χ1v) is 5.98. The summed E-state index contributed by atoms with van der Waals surface area (Å²) in [5.41, 5.74) is 2.44. The van der Waals surface area contributed by atoms with Crippen LogP contribution in [0.4, 0.5) is 4.39 Å². The number of halogens is 1.